The second kappa shape index (κ2) is 8.16. The molecule has 1 N–H and O–H groups in total. The van der Waals surface area contributed by atoms with E-state index in [2.05, 4.69) is 10.2 Å². The van der Waals surface area contributed by atoms with Gasteiger partial charge >= 0.3 is 0 Å². The molecule has 0 aliphatic carbocycles. The first-order valence-corrected chi connectivity index (χ1v) is 8.74. The molecule has 0 bridgehead atoms. The first-order valence-electron chi connectivity index (χ1n) is 8.74. The van der Waals surface area contributed by atoms with Gasteiger partial charge in [-0.3, -0.25) is 9.89 Å². The zero-order valence-corrected chi connectivity index (χ0v) is 14.8. The second-order valence-corrected chi connectivity index (χ2v) is 6.40. The average molecular weight is 343 g/mol. The molecule has 1 aliphatic heterocycles. The monoisotopic (exact) mass is 343 g/mol. The summed E-state index contributed by atoms with van der Waals surface area (Å²) in [6.45, 7) is 1.52. The number of nitrogens with one attached hydrogen (secondary N) is 1. The smallest absolute Gasteiger partial charge is 0.271 e. The third kappa shape index (κ3) is 4.39. The molecule has 1 fully saturated rings. The molecule has 2 heterocycles. The molecule has 6 heteroatoms. The Morgan fingerprint density at radius 3 is 3.04 bits per heavy atom. The van der Waals surface area contributed by atoms with E-state index >= 15 is 0 Å². The van der Waals surface area contributed by atoms with Crippen LogP contribution in [0.4, 0.5) is 0 Å². The molecule has 1 saturated heterocycles. The van der Waals surface area contributed by atoms with Gasteiger partial charge in [0.15, 0.2) is 0 Å². The maximum Gasteiger partial charge on any atom is 0.271 e. The first-order chi connectivity index (χ1) is 12.2. The van der Waals surface area contributed by atoms with E-state index in [0.717, 1.165) is 42.9 Å². The molecular formula is C19H25N3O3. The van der Waals surface area contributed by atoms with Crippen molar-refractivity contribution in [2.45, 2.75) is 31.8 Å². The van der Waals surface area contributed by atoms with Gasteiger partial charge < -0.3 is 14.4 Å². The number of benzene rings is 1. The van der Waals surface area contributed by atoms with Crippen LogP contribution in [0.3, 0.4) is 0 Å². The SMILES string of the molecule is COc1cccc(-c2cc(C(=O)N(C)CC[C@@H]3CCCCO3)[nH]n2)c1. The van der Waals surface area contributed by atoms with Crippen molar-refractivity contribution in [3.8, 4) is 17.0 Å². The van der Waals surface area contributed by atoms with Crippen LogP contribution in [0.5, 0.6) is 5.75 Å². The molecule has 0 radical (unpaired) electrons. The van der Waals surface area contributed by atoms with Crippen LogP contribution >= 0.6 is 0 Å². The van der Waals surface area contributed by atoms with Gasteiger partial charge in [-0.15, -0.1) is 0 Å². The van der Waals surface area contributed by atoms with E-state index in [1.165, 1.54) is 6.42 Å². The Kier molecular flexibility index (Phi) is 5.71. The maximum absolute atomic E-state index is 12.6. The largest absolute Gasteiger partial charge is 0.497 e. The normalized spacial score (nSPS) is 17.3. The molecule has 1 aromatic carbocycles. The fourth-order valence-corrected chi connectivity index (χ4v) is 3.04. The summed E-state index contributed by atoms with van der Waals surface area (Å²) in [5.41, 5.74) is 2.13. The van der Waals surface area contributed by atoms with Gasteiger partial charge in [0.05, 0.1) is 18.9 Å². The zero-order valence-electron chi connectivity index (χ0n) is 14.8. The van der Waals surface area contributed by atoms with E-state index in [9.17, 15) is 4.79 Å². The third-order valence-corrected chi connectivity index (χ3v) is 4.58. The maximum atomic E-state index is 12.6. The van der Waals surface area contributed by atoms with E-state index in [4.69, 9.17) is 9.47 Å². The van der Waals surface area contributed by atoms with Crippen molar-refractivity contribution in [1.29, 1.82) is 0 Å². The minimum absolute atomic E-state index is 0.0579. The number of rotatable bonds is 6. The van der Waals surface area contributed by atoms with Gasteiger partial charge in [0, 0.05) is 25.8 Å². The van der Waals surface area contributed by atoms with Crippen LogP contribution < -0.4 is 4.74 Å². The number of hydrogen-bond donors (Lipinski definition) is 1. The molecule has 1 amide bonds. The van der Waals surface area contributed by atoms with Crippen molar-refractivity contribution >= 4 is 5.91 Å². The van der Waals surface area contributed by atoms with Crippen molar-refractivity contribution in [1.82, 2.24) is 15.1 Å². The summed E-state index contributed by atoms with van der Waals surface area (Å²) >= 11 is 0. The highest BCUT2D eigenvalue weighted by Gasteiger charge is 2.19. The Bertz CT molecular complexity index is 707. The van der Waals surface area contributed by atoms with Crippen molar-refractivity contribution in [3.05, 3.63) is 36.0 Å². The van der Waals surface area contributed by atoms with Crippen molar-refractivity contribution in [3.63, 3.8) is 0 Å². The average Bonchev–Trinajstić information content (AvgIpc) is 3.16. The number of aromatic amines is 1. The lowest BCUT2D eigenvalue weighted by molar-refractivity contribution is 0.00705. The van der Waals surface area contributed by atoms with E-state index in [1.807, 2.05) is 31.3 Å². The summed E-state index contributed by atoms with van der Waals surface area (Å²) in [6, 6.07) is 9.40. The molecule has 25 heavy (non-hydrogen) atoms. The Labute approximate surface area is 148 Å². The standard InChI is InChI=1S/C19H25N3O3/c1-22(10-9-15-7-3-4-11-25-15)19(23)18-13-17(20-21-18)14-6-5-8-16(12-14)24-2/h5-6,8,12-13,15H,3-4,7,9-11H2,1-2H3,(H,20,21)/t15-/m0/s1. The number of nitrogens with zero attached hydrogens (tertiary/aromatic N) is 2. The van der Waals surface area contributed by atoms with Gasteiger partial charge in [-0.25, -0.2) is 0 Å². The van der Waals surface area contributed by atoms with Crippen LogP contribution in [-0.4, -0.2) is 54.4 Å². The van der Waals surface area contributed by atoms with Crippen LogP contribution in [0.2, 0.25) is 0 Å². The minimum atomic E-state index is -0.0579. The van der Waals surface area contributed by atoms with Crippen LogP contribution in [0.15, 0.2) is 30.3 Å². The number of carbonyl (C=O) groups excluding carboxylic acids is 1. The van der Waals surface area contributed by atoms with Crippen LogP contribution in [0, 0.1) is 0 Å². The molecule has 0 unspecified atom stereocenters. The van der Waals surface area contributed by atoms with Crippen molar-refractivity contribution in [2.75, 3.05) is 27.3 Å². The van der Waals surface area contributed by atoms with Gasteiger partial charge in [-0.05, 0) is 43.9 Å². The summed E-state index contributed by atoms with van der Waals surface area (Å²) in [5, 5.41) is 7.11. The second-order valence-electron chi connectivity index (χ2n) is 6.40. The van der Waals surface area contributed by atoms with Crippen molar-refractivity contribution < 1.29 is 14.3 Å². The lowest BCUT2D eigenvalue weighted by atomic mass is 10.1. The number of ether oxygens (including phenoxy) is 2. The lowest BCUT2D eigenvalue weighted by Crippen LogP contribution is -2.31. The quantitative estimate of drug-likeness (QED) is 0.875. The lowest BCUT2D eigenvalue weighted by Gasteiger charge is -2.25. The number of aromatic nitrogens is 2. The van der Waals surface area contributed by atoms with Crippen LogP contribution in [0.25, 0.3) is 11.3 Å². The fraction of sp³-hybridized carbons (Fsp3) is 0.474. The zero-order chi connectivity index (χ0) is 17.6. The summed E-state index contributed by atoms with van der Waals surface area (Å²) in [5.74, 6) is 0.704. The molecule has 1 aliphatic rings. The molecule has 2 aromatic rings. The summed E-state index contributed by atoms with van der Waals surface area (Å²) in [6.07, 6.45) is 4.60. The van der Waals surface area contributed by atoms with Crippen molar-refractivity contribution in [2.24, 2.45) is 0 Å². The van der Waals surface area contributed by atoms with E-state index < -0.39 is 0 Å². The molecule has 3 rings (SSSR count). The van der Waals surface area contributed by atoms with Gasteiger partial charge in [0.25, 0.3) is 5.91 Å². The summed E-state index contributed by atoms with van der Waals surface area (Å²) in [7, 11) is 3.45. The number of hydrogen-bond acceptors (Lipinski definition) is 4. The predicted octanol–water partition coefficient (Wildman–Crippen LogP) is 3.12. The molecule has 0 spiro atoms. The van der Waals surface area contributed by atoms with E-state index in [-0.39, 0.29) is 12.0 Å². The number of H-pyrrole nitrogens is 1. The molecule has 1 aromatic heterocycles. The van der Waals surface area contributed by atoms with Gasteiger partial charge in [-0.2, -0.15) is 5.10 Å². The predicted molar refractivity (Wildman–Crippen MR) is 95.7 cm³/mol. The van der Waals surface area contributed by atoms with Gasteiger partial charge in [0.2, 0.25) is 0 Å². The molecule has 0 saturated carbocycles. The summed E-state index contributed by atoms with van der Waals surface area (Å²) in [4.78, 5) is 14.3. The molecule has 6 nitrogen and oxygen atoms in total. The molecular weight excluding hydrogens is 318 g/mol. The van der Waals surface area contributed by atoms with E-state index in [0.29, 0.717) is 12.2 Å². The Hall–Kier alpha value is -2.34. The summed E-state index contributed by atoms with van der Waals surface area (Å²) < 4.78 is 11.0. The fourth-order valence-electron chi connectivity index (χ4n) is 3.04. The first kappa shape index (κ1) is 17.5. The number of methoxy groups -OCH3 is 1. The number of carbonyl (C=O) groups is 1. The number of amides is 1. The third-order valence-electron chi connectivity index (χ3n) is 4.58. The molecule has 134 valence electrons. The Morgan fingerprint density at radius 2 is 2.28 bits per heavy atom. The van der Waals surface area contributed by atoms with E-state index in [1.54, 1.807) is 18.1 Å². The Morgan fingerprint density at radius 1 is 1.40 bits per heavy atom. The minimum Gasteiger partial charge on any atom is -0.497 e. The molecule has 1 atom stereocenters. The highest BCUT2D eigenvalue weighted by atomic mass is 16.5. The van der Waals surface area contributed by atoms with Crippen LogP contribution in [-0.2, 0) is 4.74 Å². The highest BCUT2D eigenvalue weighted by molar-refractivity contribution is 5.93. The highest BCUT2D eigenvalue weighted by Crippen LogP contribution is 2.23. The topological polar surface area (TPSA) is 67.4 Å². The van der Waals surface area contributed by atoms with Crippen LogP contribution in [0.1, 0.15) is 36.2 Å². The van der Waals surface area contributed by atoms with Gasteiger partial charge in [0.1, 0.15) is 11.4 Å². The van der Waals surface area contributed by atoms with Gasteiger partial charge in [-0.1, -0.05) is 12.1 Å². The Balaban J connectivity index is 1.61.